The first-order chi connectivity index (χ1) is 9.08. The first-order valence-electron chi connectivity index (χ1n) is 5.46. The van der Waals surface area contributed by atoms with Crippen molar-refractivity contribution in [3.63, 3.8) is 0 Å². The zero-order valence-electron chi connectivity index (χ0n) is 10.1. The monoisotopic (exact) mass is 266 g/mol. The quantitative estimate of drug-likeness (QED) is 0.890. The topological polar surface area (TPSA) is 73.1 Å². The Hall–Kier alpha value is -2.44. The highest BCUT2D eigenvalue weighted by Crippen LogP contribution is 2.29. The fourth-order valence-electron chi connectivity index (χ4n) is 1.49. The molecule has 0 radical (unpaired) electrons. The summed E-state index contributed by atoms with van der Waals surface area (Å²) in [6.45, 7) is -1.16. The Morgan fingerprint density at radius 1 is 1.26 bits per heavy atom. The number of nitrogens with one attached hydrogen (secondary N) is 1. The maximum atomic E-state index is 12.3. The molecule has 0 aliphatic rings. The van der Waals surface area contributed by atoms with Gasteiger partial charge in [-0.25, -0.2) is 9.97 Å². The van der Waals surface area contributed by atoms with E-state index in [0.717, 1.165) is 0 Å². The van der Waals surface area contributed by atoms with Gasteiger partial charge in [-0.1, -0.05) is 12.1 Å². The van der Waals surface area contributed by atoms with Crippen molar-refractivity contribution in [2.24, 2.45) is 0 Å². The molecule has 0 aliphatic heterocycles. The lowest BCUT2D eigenvalue weighted by molar-refractivity contribution is -0.0493. The zero-order valence-corrected chi connectivity index (χ0v) is 10.1. The lowest BCUT2D eigenvalue weighted by Gasteiger charge is -2.13. The fourth-order valence-corrected chi connectivity index (χ4v) is 1.49. The number of ether oxygens (including phenoxy) is 1. The molecule has 0 saturated heterocycles. The van der Waals surface area contributed by atoms with Gasteiger partial charge in [-0.3, -0.25) is 0 Å². The number of anilines is 3. The molecule has 0 saturated carbocycles. The maximum Gasteiger partial charge on any atom is 0.387 e. The molecule has 3 N–H and O–H groups in total. The molecule has 100 valence electrons. The van der Waals surface area contributed by atoms with Crippen LogP contribution in [0, 0.1) is 6.92 Å². The molecule has 0 unspecified atom stereocenters. The number of nitrogen functional groups attached to an aromatic ring is 1. The summed E-state index contributed by atoms with van der Waals surface area (Å²) in [5.74, 6) is 0.802. The van der Waals surface area contributed by atoms with Crippen LogP contribution in [0.1, 0.15) is 5.56 Å². The molecule has 0 bridgehead atoms. The summed E-state index contributed by atoms with van der Waals surface area (Å²) in [6, 6.07) is 6.34. The molecule has 2 rings (SSSR count). The van der Waals surface area contributed by atoms with Gasteiger partial charge in [0.15, 0.2) is 0 Å². The number of aromatic nitrogens is 2. The molecule has 0 amide bonds. The van der Waals surface area contributed by atoms with Crippen molar-refractivity contribution in [1.82, 2.24) is 9.97 Å². The van der Waals surface area contributed by atoms with Crippen LogP contribution in [-0.4, -0.2) is 16.6 Å². The number of hydrogen-bond donors (Lipinski definition) is 2. The molecule has 1 aromatic carbocycles. The second kappa shape index (κ2) is 5.47. The predicted octanol–water partition coefficient (Wildman–Crippen LogP) is 2.71. The Labute approximate surface area is 108 Å². The van der Waals surface area contributed by atoms with Gasteiger partial charge in [0.05, 0.1) is 5.69 Å². The van der Waals surface area contributed by atoms with Crippen LogP contribution >= 0.6 is 0 Å². The summed E-state index contributed by atoms with van der Waals surface area (Å²) in [5, 5.41) is 2.90. The molecule has 0 spiro atoms. The number of halogens is 2. The van der Waals surface area contributed by atoms with Crippen molar-refractivity contribution in [1.29, 1.82) is 0 Å². The van der Waals surface area contributed by atoms with Gasteiger partial charge in [0.25, 0.3) is 0 Å². The van der Waals surface area contributed by atoms with E-state index in [0.29, 0.717) is 22.9 Å². The third-order valence-corrected chi connectivity index (χ3v) is 2.48. The summed E-state index contributed by atoms with van der Waals surface area (Å²) in [5.41, 5.74) is 6.66. The van der Waals surface area contributed by atoms with Crippen molar-refractivity contribution in [3.05, 3.63) is 36.2 Å². The van der Waals surface area contributed by atoms with Gasteiger partial charge in [-0.2, -0.15) is 8.78 Å². The third-order valence-electron chi connectivity index (χ3n) is 2.48. The summed E-state index contributed by atoms with van der Waals surface area (Å²) < 4.78 is 29.0. The standard InChI is InChI=1S/C12H12F2N4O/c1-7-10(15)16-6-17-11(7)18-8-4-2-3-5-9(8)19-12(13)14/h2-6,12H,1H3,(H3,15,16,17,18). The number of nitrogens with zero attached hydrogens (tertiary/aromatic N) is 2. The molecule has 19 heavy (non-hydrogen) atoms. The van der Waals surface area contributed by atoms with Crippen LogP contribution in [0.4, 0.5) is 26.1 Å². The van der Waals surface area contributed by atoms with Crippen LogP contribution in [0.3, 0.4) is 0 Å². The van der Waals surface area contributed by atoms with E-state index in [1.807, 2.05) is 0 Å². The lowest BCUT2D eigenvalue weighted by Crippen LogP contribution is -2.06. The number of benzene rings is 1. The highest BCUT2D eigenvalue weighted by molar-refractivity contribution is 5.67. The largest absolute Gasteiger partial charge is 0.433 e. The molecule has 0 atom stereocenters. The minimum Gasteiger partial charge on any atom is -0.433 e. The molecule has 1 heterocycles. The summed E-state index contributed by atoms with van der Waals surface area (Å²) in [6.07, 6.45) is 1.29. The van der Waals surface area contributed by atoms with Crippen molar-refractivity contribution in [2.75, 3.05) is 11.1 Å². The Balaban J connectivity index is 2.30. The van der Waals surface area contributed by atoms with Crippen molar-refractivity contribution < 1.29 is 13.5 Å². The van der Waals surface area contributed by atoms with E-state index in [1.54, 1.807) is 25.1 Å². The van der Waals surface area contributed by atoms with E-state index in [1.165, 1.54) is 12.4 Å². The van der Waals surface area contributed by atoms with E-state index < -0.39 is 6.61 Å². The highest BCUT2D eigenvalue weighted by Gasteiger charge is 2.11. The van der Waals surface area contributed by atoms with Gasteiger partial charge in [-0.05, 0) is 19.1 Å². The van der Waals surface area contributed by atoms with E-state index in [4.69, 9.17) is 5.73 Å². The van der Waals surface area contributed by atoms with Gasteiger partial charge < -0.3 is 15.8 Å². The Morgan fingerprint density at radius 3 is 2.74 bits per heavy atom. The Bertz CT molecular complexity index is 577. The zero-order chi connectivity index (χ0) is 13.8. The third kappa shape index (κ3) is 3.06. The van der Waals surface area contributed by atoms with E-state index in [9.17, 15) is 8.78 Å². The number of para-hydroxylation sites is 2. The average Bonchev–Trinajstić information content (AvgIpc) is 2.36. The lowest BCUT2D eigenvalue weighted by atomic mass is 10.2. The minimum absolute atomic E-state index is 0.0362. The van der Waals surface area contributed by atoms with Crippen LogP contribution in [0.2, 0.25) is 0 Å². The van der Waals surface area contributed by atoms with Gasteiger partial charge in [0.1, 0.15) is 23.7 Å². The first kappa shape index (κ1) is 13.0. The van der Waals surface area contributed by atoms with E-state index in [-0.39, 0.29) is 5.75 Å². The van der Waals surface area contributed by atoms with Crippen LogP contribution in [0.5, 0.6) is 5.75 Å². The molecule has 5 nitrogen and oxygen atoms in total. The fraction of sp³-hybridized carbons (Fsp3) is 0.167. The van der Waals surface area contributed by atoms with E-state index in [2.05, 4.69) is 20.0 Å². The van der Waals surface area contributed by atoms with Crippen LogP contribution in [0.25, 0.3) is 0 Å². The highest BCUT2D eigenvalue weighted by atomic mass is 19.3. The molecule has 7 heteroatoms. The minimum atomic E-state index is -2.89. The number of hydrogen-bond acceptors (Lipinski definition) is 5. The van der Waals surface area contributed by atoms with Crippen LogP contribution in [-0.2, 0) is 0 Å². The molecular formula is C12H12F2N4O. The van der Waals surface area contributed by atoms with Crippen molar-refractivity contribution >= 4 is 17.3 Å². The normalized spacial score (nSPS) is 10.5. The van der Waals surface area contributed by atoms with Gasteiger partial charge in [-0.15, -0.1) is 0 Å². The maximum absolute atomic E-state index is 12.3. The predicted molar refractivity (Wildman–Crippen MR) is 67.5 cm³/mol. The van der Waals surface area contributed by atoms with Gasteiger partial charge in [0, 0.05) is 5.56 Å². The average molecular weight is 266 g/mol. The summed E-state index contributed by atoms with van der Waals surface area (Å²) in [7, 11) is 0. The second-order valence-electron chi connectivity index (χ2n) is 3.73. The van der Waals surface area contributed by atoms with Gasteiger partial charge >= 0.3 is 6.61 Å². The van der Waals surface area contributed by atoms with Gasteiger partial charge in [0.2, 0.25) is 0 Å². The Kier molecular flexibility index (Phi) is 3.74. The SMILES string of the molecule is Cc1c(N)ncnc1Nc1ccccc1OC(F)F. The molecule has 0 fully saturated rings. The molecular weight excluding hydrogens is 254 g/mol. The smallest absolute Gasteiger partial charge is 0.387 e. The summed E-state index contributed by atoms with van der Waals surface area (Å²) >= 11 is 0. The first-order valence-corrected chi connectivity index (χ1v) is 5.46. The molecule has 2 aromatic rings. The Morgan fingerprint density at radius 2 is 2.00 bits per heavy atom. The van der Waals surface area contributed by atoms with Crippen molar-refractivity contribution in [2.45, 2.75) is 13.5 Å². The number of rotatable bonds is 4. The molecule has 0 aliphatic carbocycles. The number of nitrogens with two attached hydrogens (primary N) is 1. The summed E-state index contributed by atoms with van der Waals surface area (Å²) in [4.78, 5) is 7.84. The van der Waals surface area contributed by atoms with Crippen LogP contribution < -0.4 is 15.8 Å². The second-order valence-corrected chi connectivity index (χ2v) is 3.73. The number of alkyl halides is 2. The van der Waals surface area contributed by atoms with Crippen molar-refractivity contribution in [3.8, 4) is 5.75 Å². The van der Waals surface area contributed by atoms with Crippen LogP contribution in [0.15, 0.2) is 30.6 Å². The van der Waals surface area contributed by atoms with E-state index >= 15 is 0 Å². The molecule has 1 aromatic heterocycles.